The van der Waals surface area contributed by atoms with Gasteiger partial charge in [0.25, 0.3) is 0 Å². The summed E-state index contributed by atoms with van der Waals surface area (Å²) in [6, 6.07) is 8.09. The highest BCUT2D eigenvalue weighted by Crippen LogP contribution is 2.40. The van der Waals surface area contributed by atoms with Crippen LogP contribution in [0.15, 0.2) is 29.4 Å². The molecule has 0 bridgehead atoms. The number of hydrogen-bond acceptors (Lipinski definition) is 8. The Morgan fingerprint density at radius 3 is 2.69 bits per heavy atom. The summed E-state index contributed by atoms with van der Waals surface area (Å²) in [7, 11) is 5.89. The predicted molar refractivity (Wildman–Crippen MR) is 142 cm³/mol. The zero-order valence-electron chi connectivity index (χ0n) is 20.8. The van der Waals surface area contributed by atoms with Crippen LogP contribution < -0.4 is 10.2 Å². The molecule has 2 aromatic heterocycles. The van der Waals surface area contributed by atoms with Crippen LogP contribution in [0.5, 0.6) is 0 Å². The summed E-state index contributed by atoms with van der Waals surface area (Å²) in [5.41, 5.74) is 3.63. The Hall–Kier alpha value is -2.85. The first-order valence-corrected chi connectivity index (χ1v) is 13.5. The summed E-state index contributed by atoms with van der Waals surface area (Å²) in [5, 5.41) is 12.8. The molecular formula is C25H31N5O3S2. The molecule has 0 saturated carbocycles. The van der Waals surface area contributed by atoms with E-state index >= 15 is 0 Å². The quantitative estimate of drug-likeness (QED) is 0.347. The number of nitrogens with zero attached hydrogens (tertiary/aromatic N) is 4. The Kier molecular flexibility index (Phi) is 7.81. The number of benzene rings is 1. The van der Waals surface area contributed by atoms with Crippen molar-refractivity contribution in [3.8, 4) is 11.4 Å². The maximum atomic E-state index is 12.8. The highest BCUT2D eigenvalue weighted by Gasteiger charge is 2.29. The van der Waals surface area contributed by atoms with Gasteiger partial charge >= 0.3 is 5.97 Å². The van der Waals surface area contributed by atoms with Crippen LogP contribution in [0.3, 0.4) is 0 Å². The number of hydrogen-bond donors (Lipinski definition) is 1. The van der Waals surface area contributed by atoms with E-state index in [9.17, 15) is 9.59 Å². The molecule has 35 heavy (non-hydrogen) atoms. The number of anilines is 2. The Labute approximate surface area is 214 Å². The standard InChI is InChI=1S/C25H31N5O3S2/c1-6-33-24(32)21-18-12-7-15(2)13-19(18)35-23(21)26-20(31)14-34-25-28-27-22(30(25)5)16-8-10-17(11-9-16)29(3)4/h8-11,15H,6-7,12-14H2,1-5H3,(H,26,31). The first-order valence-electron chi connectivity index (χ1n) is 11.7. The molecule has 0 saturated heterocycles. The van der Waals surface area contributed by atoms with Crippen molar-refractivity contribution in [3.05, 3.63) is 40.3 Å². The minimum atomic E-state index is -0.360. The Bertz CT molecular complexity index is 1220. The van der Waals surface area contributed by atoms with Crippen molar-refractivity contribution >= 4 is 45.7 Å². The fourth-order valence-corrected chi connectivity index (χ4v) is 6.28. The fourth-order valence-electron chi connectivity index (χ4n) is 4.15. The largest absolute Gasteiger partial charge is 0.462 e. The molecule has 0 spiro atoms. The number of carbonyl (C=O) groups excluding carboxylic acids is 2. The molecule has 0 fully saturated rings. The Morgan fingerprint density at radius 1 is 1.26 bits per heavy atom. The summed E-state index contributed by atoms with van der Waals surface area (Å²) in [4.78, 5) is 28.7. The molecule has 186 valence electrons. The third kappa shape index (κ3) is 5.54. The molecule has 3 aromatic rings. The molecule has 2 heterocycles. The third-order valence-electron chi connectivity index (χ3n) is 6.05. The number of esters is 1. The second kappa shape index (κ2) is 10.8. The van der Waals surface area contributed by atoms with E-state index in [-0.39, 0.29) is 17.6 Å². The zero-order valence-corrected chi connectivity index (χ0v) is 22.4. The molecule has 1 amide bonds. The van der Waals surface area contributed by atoms with Gasteiger partial charge in [-0.2, -0.15) is 0 Å². The van der Waals surface area contributed by atoms with E-state index in [1.54, 1.807) is 6.92 Å². The van der Waals surface area contributed by atoms with Gasteiger partial charge in [-0.25, -0.2) is 4.79 Å². The van der Waals surface area contributed by atoms with Crippen LogP contribution >= 0.6 is 23.1 Å². The van der Waals surface area contributed by atoms with Crippen molar-refractivity contribution in [2.24, 2.45) is 13.0 Å². The van der Waals surface area contributed by atoms with E-state index in [1.807, 2.05) is 54.9 Å². The number of amides is 1. The average molecular weight is 514 g/mol. The fraction of sp³-hybridized carbons (Fsp3) is 0.440. The van der Waals surface area contributed by atoms with Crippen LogP contribution in [0.25, 0.3) is 11.4 Å². The van der Waals surface area contributed by atoms with Crippen molar-refractivity contribution in [2.75, 3.05) is 36.7 Å². The molecule has 0 aliphatic heterocycles. The minimum Gasteiger partial charge on any atom is -0.462 e. The first kappa shape index (κ1) is 25.2. The van der Waals surface area contributed by atoms with Gasteiger partial charge in [-0.05, 0) is 61.9 Å². The van der Waals surface area contributed by atoms with E-state index in [0.29, 0.717) is 28.2 Å². The minimum absolute atomic E-state index is 0.159. The average Bonchev–Trinajstić information content (AvgIpc) is 3.37. The number of carbonyl (C=O) groups is 2. The lowest BCUT2D eigenvalue weighted by molar-refractivity contribution is -0.113. The lowest BCUT2D eigenvalue weighted by atomic mass is 9.88. The smallest absolute Gasteiger partial charge is 0.341 e. The van der Waals surface area contributed by atoms with E-state index in [4.69, 9.17) is 4.74 Å². The van der Waals surface area contributed by atoms with Crippen LogP contribution in [0.4, 0.5) is 10.7 Å². The molecule has 1 unspecified atom stereocenters. The summed E-state index contributed by atoms with van der Waals surface area (Å²) >= 11 is 2.81. The summed E-state index contributed by atoms with van der Waals surface area (Å²) in [5.74, 6) is 0.919. The van der Waals surface area contributed by atoms with E-state index in [0.717, 1.165) is 41.9 Å². The van der Waals surface area contributed by atoms with Crippen molar-refractivity contribution < 1.29 is 14.3 Å². The van der Waals surface area contributed by atoms with Gasteiger partial charge in [0.2, 0.25) is 5.91 Å². The lowest BCUT2D eigenvalue weighted by Gasteiger charge is -2.18. The number of ether oxygens (including phenoxy) is 1. The molecule has 1 aliphatic rings. The van der Waals surface area contributed by atoms with Crippen molar-refractivity contribution in [1.29, 1.82) is 0 Å². The maximum absolute atomic E-state index is 12.8. The van der Waals surface area contributed by atoms with Crippen molar-refractivity contribution in [2.45, 2.75) is 38.3 Å². The number of fused-ring (bicyclic) bond motifs is 1. The lowest BCUT2D eigenvalue weighted by Crippen LogP contribution is -2.18. The molecule has 1 aliphatic carbocycles. The van der Waals surface area contributed by atoms with Crippen LogP contribution in [0.1, 0.15) is 41.1 Å². The number of rotatable bonds is 8. The van der Waals surface area contributed by atoms with Crippen LogP contribution in [-0.2, 0) is 29.4 Å². The monoisotopic (exact) mass is 513 g/mol. The van der Waals surface area contributed by atoms with Gasteiger partial charge in [0.1, 0.15) is 5.00 Å². The number of thioether (sulfide) groups is 1. The molecule has 1 N–H and O–H groups in total. The summed E-state index contributed by atoms with van der Waals surface area (Å²) in [6.45, 7) is 4.31. The second-order valence-electron chi connectivity index (χ2n) is 8.92. The molecule has 4 rings (SSSR count). The van der Waals surface area contributed by atoms with Gasteiger partial charge in [-0.15, -0.1) is 21.5 Å². The van der Waals surface area contributed by atoms with E-state index in [1.165, 1.54) is 28.0 Å². The summed E-state index contributed by atoms with van der Waals surface area (Å²) in [6.07, 6.45) is 2.79. The topological polar surface area (TPSA) is 89.3 Å². The molecule has 1 atom stereocenters. The molecular weight excluding hydrogens is 482 g/mol. The molecule has 10 heteroatoms. The molecule has 8 nitrogen and oxygen atoms in total. The van der Waals surface area contributed by atoms with Gasteiger partial charge < -0.3 is 19.5 Å². The SMILES string of the molecule is CCOC(=O)c1c(NC(=O)CSc2nnc(-c3ccc(N(C)C)cc3)n2C)sc2c1CCC(C)C2. The number of thiophene rings is 1. The number of nitrogens with one attached hydrogen (secondary N) is 1. The molecule has 0 radical (unpaired) electrons. The second-order valence-corrected chi connectivity index (χ2v) is 11.0. The zero-order chi connectivity index (χ0) is 25.1. The van der Waals surface area contributed by atoms with Crippen LogP contribution in [0.2, 0.25) is 0 Å². The first-order chi connectivity index (χ1) is 16.8. The van der Waals surface area contributed by atoms with Crippen LogP contribution in [0, 0.1) is 5.92 Å². The Balaban J connectivity index is 1.45. The number of aromatic nitrogens is 3. The van der Waals surface area contributed by atoms with E-state index in [2.05, 4.69) is 22.4 Å². The van der Waals surface area contributed by atoms with Gasteiger partial charge in [0.05, 0.1) is 17.9 Å². The summed E-state index contributed by atoms with van der Waals surface area (Å²) < 4.78 is 7.19. The van der Waals surface area contributed by atoms with Crippen molar-refractivity contribution in [1.82, 2.24) is 14.8 Å². The maximum Gasteiger partial charge on any atom is 0.341 e. The third-order valence-corrected chi connectivity index (χ3v) is 8.24. The molecule has 1 aromatic carbocycles. The van der Waals surface area contributed by atoms with Crippen LogP contribution in [-0.4, -0.2) is 53.1 Å². The van der Waals surface area contributed by atoms with E-state index < -0.39 is 0 Å². The van der Waals surface area contributed by atoms with Gasteiger partial charge in [-0.1, -0.05) is 18.7 Å². The van der Waals surface area contributed by atoms with Gasteiger partial charge in [-0.3, -0.25) is 4.79 Å². The normalized spacial score (nSPS) is 14.9. The highest BCUT2D eigenvalue weighted by molar-refractivity contribution is 7.99. The van der Waals surface area contributed by atoms with Gasteiger partial charge in [0.15, 0.2) is 11.0 Å². The van der Waals surface area contributed by atoms with Crippen molar-refractivity contribution in [3.63, 3.8) is 0 Å². The Morgan fingerprint density at radius 2 is 2.00 bits per heavy atom. The van der Waals surface area contributed by atoms with Gasteiger partial charge in [0, 0.05) is 37.3 Å². The highest BCUT2D eigenvalue weighted by atomic mass is 32.2. The predicted octanol–water partition coefficient (Wildman–Crippen LogP) is 4.64.